The van der Waals surface area contributed by atoms with Crippen LogP contribution in [-0.4, -0.2) is 18.7 Å². The van der Waals surface area contributed by atoms with Gasteiger partial charge in [0.15, 0.2) is 11.5 Å². The first-order valence-electron chi connectivity index (χ1n) is 6.08. The van der Waals surface area contributed by atoms with E-state index in [1.54, 1.807) is 18.2 Å². The van der Waals surface area contributed by atoms with Gasteiger partial charge in [0.05, 0.1) is 0 Å². The van der Waals surface area contributed by atoms with Crippen molar-refractivity contribution in [3.63, 3.8) is 0 Å². The first-order chi connectivity index (χ1) is 9.72. The van der Waals surface area contributed by atoms with Crippen LogP contribution < -0.4 is 14.2 Å². The molecule has 0 saturated heterocycles. The van der Waals surface area contributed by atoms with E-state index in [1.165, 1.54) is 24.3 Å². The average Bonchev–Trinajstić information content (AvgIpc) is 2.49. The monoisotopic (exact) mass is 274 g/mol. The maximum atomic E-state index is 12.8. The quantitative estimate of drug-likeness (QED) is 0.623. The molecule has 0 unspecified atom stereocenters. The molecule has 1 heterocycles. The summed E-state index contributed by atoms with van der Waals surface area (Å²) in [5, 5.41) is 0. The molecule has 5 heteroatoms. The number of hydrogen-bond acceptors (Lipinski definition) is 4. The number of carbonyl (C=O) groups excluding carboxylic acids is 1. The third kappa shape index (κ3) is 2.56. The van der Waals surface area contributed by atoms with Crippen LogP contribution in [-0.2, 0) is 4.79 Å². The smallest absolute Gasteiger partial charge is 0.356 e. The van der Waals surface area contributed by atoms with E-state index in [2.05, 4.69) is 0 Å². The second-order valence-corrected chi connectivity index (χ2v) is 4.24. The summed E-state index contributed by atoms with van der Waals surface area (Å²) in [6.45, 7) is 0.0804. The second kappa shape index (κ2) is 5.21. The molecule has 4 nitrogen and oxygen atoms in total. The van der Waals surface area contributed by atoms with E-state index >= 15 is 0 Å². The number of ether oxygens (including phenoxy) is 3. The Bertz CT molecular complexity index is 624. The lowest BCUT2D eigenvalue weighted by atomic mass is 10.2. The molecule has 3 rings (SSSR count). The number of benzene rings is 2. The highest BCUT2D eigenvalue weighted by atomic mass is 19.1. The standard InChI is InChI=1S/C15H11FO4/c16-10-5-7-11(8-6-10)19-15(17)14-9-18-12-3-1-2-4-13(12)20-14/h1-8,14H,9H2/t14-/m0/s1. The van der Waals surface area contributed by atoms with Gasteiger partial charge in [-0.1, -0.05) is 12.1 Å². The normalized spacial score (nSPS) is 16.6. The van der Waals surface area contributed by atoms with Gasteiger partial charge in [0.1, 0.15) is 18.2 Å². The molecule has 2 aromatic rings. The molecule has 0 bridgehead atoms. The minimum Gasteiger partial charge on any atom is -0.485 e. The van der Waals surface area contributed by atoms with Crippen LogP contribution in [0, 0.1) is 5.82 Å². The van der Waals surface area contributed by atoms with Gasteiger partial charge < -0.3 is 14.2 Å². The minimum atomic E-state index is -0.838. The van der Waals surface area contributed by atoms with E-state index in [0.29, 0.717) is 11.5 Å². The minimum absolute atomic E-state index is 0.0804. The van der Waals surface area contributed by atoms with Gasteiger partial charge in [-0.15, -0.1) is 0 Å². The summed E-state index contributed by atoms with van der Waals surface area (Å²) in [5.41, 5.74) is 0. The Hall–Kier alpha value is -2.56. The summed E-state index contributed by atoms with van der Waals surface area (Å²) in [4.78, 5) is 11.9. The summed E-state index contributed by atoms with van der Waals surface area (Å²) < 4.78 is 28.8. The SMILES string of the molecule is O=C(Oc1ccc(F)cc1)[C@@H]1COc2ccccc2O1. The topological polar surface area (TPSA) is 44.8 Å². The van der Waals surface area contributed by atoms with Crippen LogP contribution in [0.15, 0.2) is 48.5 Å². The molecule has 0 amide bonds. The Balaban J connectivity index is 1.68. The van der Waals surface area contributed by atoms with E-state index < -0.39 is 17.9 Å². The molecule has 20 heavy (non-hydrogen) atoms. The molecule has 1 atom stereocenters. The molecule has 0 spiro atoms. The zero-order valence-electron chi connectivity index (χ0n) is 10.4. The van der Waals surface area contributed by atoms with E-state index in [4.69, 9.17) is 14.2 Å². The van der Waals surface area contributed by atoms with Gasteiger partial charge in [-0.2, -0.15) is 0 Å². The Morgan fingerprint density at radius 3 is 2.55 bits per heavy atom. The van der Waals surface area contributed by atoms with Crippen molar-refractivity contribution in [1.29, 1.82) is 0 Å². The van der Waals surface area contributed by atoms with Gasteiger partial charge in [0, 0.05) is 0 Å². The largest absolute Gasteiger partial charge is 0.485 e. The van der Waals surface area contributed by atoms with Gasteiger partial charge in [-0.25, -0.2) is 9.18 Å². The Morgan fingerprint density at radius 2 is 1.80 bits per heavy atom. The lowest BCUT2D eigenvalue weighted by Crippen LogP contribution is -2.39. The van der Waals surface area contributed by atoms with Crippen LogP contribution in [0.2, 0.25) is 0 Å². The van der Waals surface area contributed by atoms with Crippen molar-refractivity contribution in [1.82, 2.24) is 0 Å². The molecule has 1 aliphatic heterocycles. The number of fused-ring (bicyclic) bond motifs is 1. The molecule has 102 valence electrons. The van der Waals surface area contributed by atoms with Crippen LogP contribution in [0.25, 0.3) is 0 Å². The molecule has 0 saturated carbocycles. The number of esters is 1. The van der Waals surface area contributed by atoms with Crippen LogP contribution in [0.3, 0.4) is 0 Å². The molecule has 0 aromatic heterocycles. The fourth-order valence-electron chi connectivity index (χ4n) is 1.82. The lowest BCUT2D eigenvalue weighted by Gasteiger charge is -2.24. The van der Waals surface area contributed by atoms with E-state index in [9.17, 15) is 9.18 Å². The molecule has 1 aliphatic rings. The van der Waals surface area contributed by atoms with Gasteiger partial charge in [0.2, 0.25) is 6.10 Å². The zero-order chi connectivity index (χ0) is 13.9. The Kier molecular flexibility index (Phi) is 3.25. The molecule has 0 N–H and O–H groups in total. The molecule has 2 aromatic carbocycles. The fourth-order valence-corrected chi connectivity index (χ4v) is 1.82. The first-order valence-corrected chi connectivity index (χ1v) is 6.08. The van der Waals surface area contributed by atoms with E-state index in [0.717, 1.165) is 0 Å². The maximum Gasteiger partial charge on any atom is 0.356 e. The number of halogens is 1. The van der Waals surface area contributed by atoms with Crippen LogP contribution >= 0.6 is 0 Å². The van der Waals surface area contributed by atoms with Gasteiger partial charge in [-0.05, 0) is 36.4 Å². The fraction of sp³-hybridized carbons (Fsp3) is 0.133. The summed E-state index contributed by atoms with van der Waals surface area (Å²) in [6, 6.07) is 12.3. The Labute approximate surface area is 114 Å². The average molecular weight is 274 g/mol. The Morgan fingerprint density at radius 1 is 1.10 bits per heavy atom. The predicted octanol–water partition coefficient (Wildman–Crippen LogP) is 2.57. The maximum absolute atomic E-state index is 12.8. The van der Waals surface area contributed by atoms with Crippen LogP contribution in [0.4, 0.5) is 4.39 Å². The first kappa shape index (κ1) is 12.5. The van der Waals surface area contributed by atoms with Crippen molar-refractivity contribution in [3.8, 4) is 17.2 Å². The van der Waals surface area contributed by atoms with Crippen molar-refractivity contribution in [2.24, 2.45) is 0 Å². The molecular weight excluding hydrogens is 263 g/mol. The van der Waals surface area contributed by atoms with Crippen molar-refractivity contribution in [3.05, 3.63) is 54.3 Å². The van der Waals surface area contributed by atoms with Crippen LogP contribution in [0.5, 0.6) is 17.2 Å². The third-order valence-corrected chi connectivity index (χ3v) is 2.80. The molecule has 0 fully saturated rings. The second-order valence-electron chi connectivity index (χ2n) is 4.24. The zero-order valence-corrected chi connectivity index (χ0v) is 10.4. The highest BCUT2D eigenvalue weighted by Gasteiger charge is 2.29. The van der Waals surface area contributed by atoms with Gasteiger partial charge in [0.25, 0.3) is 0 Å². The number of rotatable bonds is 2. The van der Waals surface area contributed by atoms with Crippen molar-refractivity contribution < 1.29 is 23.4 Å². The summed E-state index contributed by atoms with van der Waals surface area (Å²) >= 11 is 0. The van der Waals surface area contributed by atoms with E-state index in [-0.39, 0.29) is 12.4 Å². The number of carbonyl (C=O) groups is 1. The number of hydrogen-bond donors (Lipinski definition) is 0. The number of para-hydroxylation sites is 2. The summed E-state index contributed by atoms with van der Waals surface area (Å²) in [6.07, 6.45) is -0.838. The summed E-state index contributed by atoms with van der Waals surface area (Å²) in [5.74, 6) is 0.388. The van der Waals surface area contributed by atoms with Crippen molar-refractivity contribution in [2.75, 3.05) is 6.61 Å². The third-order valence-electron chi connectivity index (χ3n) is 2.80. The summed E-state index contributed by atoms with van der Waals surface area (Å²) in [7, 11) is 0. The van der Waals surface area contributed by atoms with Crippen molar-refractivity contribution >= 4 is 5.97 Å². The highest BCUT2D eigenvalue weighted by Crippen LogP contribution is 2.31. The van der Waals surface area contributed by atoms with E-state index in [1.807, 2.05) is 6.07 Å². The molecule has 0 aliphatic carbocycles. The predicted molar refractivity (Wildman–Crippen MR) is 68.4 cm³/mol. The molecule has 0 radical (unpaired) electrons. The van der Waals surface area contributed by atoms with Crippen molar-refractivity contribution in [2.45, 2.75) is 6.10 Å². The highest BCUT2D eigenvalue weighted by molar-refractivity contribution is 5.78. The molecular formula is C15H11FO4. The van der Waals surface area contributed by atoms with Gasteiger partial charge in [-0.3, -0.25) is 0 Å². The van der Waals surface area contributed by atoms with Crippen LogP contribution in [0.1, 0.15) is 0 Å². The van der Waals surface area contributed by atoms with Gasteiger partial charge >= 0.3 is 5.97 Å². The lowest BCUT2D eigenvalue weighted by molar-refractivity contribution is -0.144.